The van der Waals surface area contributed by atoms with Crippen molar-refractivity contribution in [2.24, 2.45) is 0 Å². The van der Waals surface area contributed by atoms with Crippen LogP contribution in [0.2, 0.25) is 0 Å². The Balaban J connectivity index is 1.96. The highest BCUT2D eigenvalue weighted by molar-refractivity contribution is 5.99. The quantitative estimate of drug-likeness (QED) is 0.807. The van der Waals surface area contributed by atoms with E-state index in [4.69, 9.17) is 0 Å². The molecule has 1 heterocycles. The summed E-state index contributed by atoms with van der Waals surface area (Å²) in [5.41, 5.74) is 2.37. The lowest BCUT2D eigenvalue weighted by atomic mass is 10.2. The largest absolute Gasteiger partial charge is 0.385 e. The van der Waals surface area contributed by atoms with Crippen molar-refractivity contribution in [1.29, 1.82) is 0 Å². The lowest BCUT2D eigenvalue weighted by Gasteiger charge is -2.24. The smallest absolute Gasteiger partial charge is 0.255 e. The first-order valence-electron chi connectivity index (χ1n) is 7.73. The summed E-state index contributed by atoms with van der Waals surface area (Å²) in [4.78, 5) is 18.9. The number of pyridine rings is 1. The lowest BCUT2D eigenvalue weighted by molar-refractivity contribution is 0.0940. The van der Waals surface area contributed by atoms with Gasteiger partial charge in [-0.25, -0.2) is 0 Å². The molecule has 2 rings (SSSR count). The third-order valence-electron chi connectivity index (χ3n) is 4.03. The fourth-order valence-corrected chi connectivity index (χ4v) is 2.40. The molecule has 0 bridgehead atoms. The number of nitrogens with one attached hydrogen (secondary N) is 2. The van der Waals surface area contributed by atoms with Crippen molar-refractivity contribution in [3.05, 3.63) is 23.5 Å². The van der Waals surface area contributed by atoms with Crippen LogP contribution in [-0.4, -0.2) is 48.0 Å². The fourth-order valence-electron chi connectivity index (χ4n) is 2.40. The minimum absolute atomic E-state index is 0.0607. The molecule has 21 heavy (non-hydrogen) atoms. The number of nitrogens with zero attached hydrogens (tertiary/aromatic N) is 2. The van der Waals surface area contributed by atoms with Gasteiger partial charge in [0.1, 0.15) is 0 Å². The fraction of sp³-hybridized carbons (Fsp3) is 0.625. The maximum Gasteiger partial charge on any atom is 0.255 e. The van der Waals surface area contributed by atoms with E-state index >= 15 is 0 Å². The summed E-state index contributed by atoms with van der Waals surface area (Å²) in [6, 6.07) is 2.97. The molecular formula is C16H26N4O. The summed E-state index contributed by atoms with van der Waals surface area (Å²) in [5.74, 6) is -0.0607. The van der Waals surface area contributed by atoms with Crippen LogP contribution in [0.15, 0.2) is 12.3 Å². The van der Waals surface area contributed by atoms with E-state index in [2.05, 4.69) is 34.5 Å². The average Bonchev–Trinajstić information content (AvgIpc) is 3.28. The molecule has 1 saturated carbocycles. The molecule has 0 aromatic carbocycles. The average molecular weight is 290 g/mol. The van der Waals surface area contributed by atoms with E-state index in [-0.39, 0.29) is 5.91 Å². The van der Waals surface area contributed by atoms with Gasteiger partial charge in [-0.05, 0) is 46.7 Å². The predicted molar refractivity (Wildman–Crippen MR) is 85.7 cm³/mol. The number of amides is 1. The molecule has 0 aliphatic heterocycles. The molecule has 1 amide bonds. The van der Waals surface area contributed by atoms with Crippen molar-refractivity contribution in [3.8, 4) is 0 Å². The van der Waals surface area contributed by atoms with Gasteiger partial charge in [0.15, 0.2) is 0 Å². The first-order chi connectivity index (χ1) is 10.0. The van der Waals surface area contributed by atoms with Crippen molar-refractivity contribution in [2.75, 3.05) is 25.5 Å². The molecule has 1 aromatic rings. The monoisotopic (exact) mass is 290 g/mol. The van der Waals surface area contributed by atoms with E-state index in [9.17, 15) is 4.79 Å². The highest BCUT2D eigenvalue weighted by Crippen LogP contribution is 2.26. The van der Waals surface area contributed by atoms with Crippen LogP contribution in [-0.2, 0) is 0 Å². The van der Waals surface area contributed by atoms with Crippen LogP contribution in [0.4, 0.5) is 5.69 Å². The molecule has 116 valence electrons. The minimum atomic E-state index is -0.0607. The van der Waals surface area contributed by atoms with Gasteiger partial charge in [0.25, 0.3) is 5.91 Å². The predicted octanol–water partition coefficient (Wildman–Crippen LogP) is 2.03. The highest BCUT2D eigenvalue weighted by atomic mass is 16.1. The Morgan fingerprint density at radius 1 is 1.52 bits per heavy atom. The summed E-state index contributed by atoms with van der Waals surface area (Å²) in [7, 11) is 2.13. The van der Waals surface area contributed by atoms with Crippen molar-refractivity contribution in [1.82, 2.24) is 15.2 Å². The second kappa shape index (κ2) is 6.89. The Labute approximate surface area is 127 Å². The topological polar surface area (TPSA) is 57.3 Å². The SMILES string of the molecule is CCNc1cc(C)ncc1C(=O)NCC(C)N(C)C1CC1. The van der Waals surface area contributed by atoms with E-state index in [1.54, 1.807) is 6.20 Å². The summed E-state index contributed by atoms with van der Waals surface area (Å²) >= 11 is 0. The van der Waals surface area contributed by atoms with Gasteiger partial charge in [0.2, 0.25) is 0 Å². The maximum atomic E-state index is 12.4. The van der Waals surface area contributed by atoms with Crippen LogP contribution in [0.3, 0.4) is 0 Å². The molecule has 1 aromatic heterocycles. The van der Waals surface area contributed by atoms with Gasteiger partial charge in [-0.15, -0.1) is 0 Å². The molecule has 2 N–H and O–H groups in total. The molecule has 0 radical (unpaired) electrons. The van der Waals surface area contributed by atoms with E-state index in [1.165, 1.54) is 12.8 Å². The number of rotatable bonds is 7. The van der Waals surface area contributed by atoms with Crippen LogP contribution in [0.1, 0.15) is 42.7 Å². The number of hydrogen-bond donors (Lipinski definition) is 2. The molecule has 1 fully saturated rings. The Kier molecular flexibility index (Phi) is 5.17. The first kappa shape index (κ1) is 15.8. The number of carbonyl (C=O) groups excluding carboxylic acids is 1. The molecule has 5 nitrogen and oxygen atoms in total. The van der Waals surface area contributed by atoms with Gasteiger partial charge < -0.3 is 10.6 Å². The third-order valence-corrected chi connectivity index (χ3v) is 4.03. The van der Waals surface area contributed by atoms with Gasteiger partial charge >= 0.3 is 0 Å². The first-order valence-corrected chi connectivity index (χ1v) is 7.73. The van der Waals surface area contributed by atoms with E-state index < -0.39 is 0 Å². The number of likely N-dealkylation sites (N-methyl/N-ethyl adjacent to an activating group) is 1. The Morgan fingerprint density at radius 3 is 2.86 bits per heavy atom. The van der Waals surface area contributed by atoms with Crippen LogP contribution >= 0.6 is 0 Å². The summed E-state index contributed by atoms with van der Waals surface area (Å²) in [6.45, 7) is 7.53. The van der Waals surface area contributed by atoms with Crippen LogP contribution < -0.4 is 10.6 Å². The molecule has 1 unspecified atom stereocenters. The van der Waals surface area contributed by atoms with E-state index in [0.717, 1.165) is 17.9 Å². The number of carbonyl (C=O) groups is 1. The van der Waals surface area contributed by atoms with Crippen molar-refractivity contribution < 1.29 is 4.79 Å². The number of aromatic nitrogens is 1. The van der Waals surface area contributed by atoms with Gasteiger partial charge in [-0.1, -0.05) is 0 Å². The Bertz CT molecular complexity index is 499. The number of aryl methyl sites for hydroxylation is 1. The second-order valence-electron chi connectivity index (χ2n) is 5.86. The molecule has 5 heteroatoms. The van der Waals surface area contributed by atoms with Crippen LogP contribution in [0.25, 0.3) is 0 Å². The number of hydrogen-bond acceptors (Lipinski definition) is 4. The lowest BCUT2D eigenvalue weighted by Crippen LogP contribution is -2.41. The van der Waals surface area contributed by atoms with Crippen LogP contribution in [0.5, 0.6) is 0 Å². The minimum Gasteiger partial charge on any atom is -0.385 e. The molecule has 1 aliphatic carbocycles. The molecule has 1 atom stereocenters. The zero-order chi connectivity index (χ0) is 15.4. The van der Waals surface area contributed by atoms with E-state index in [1.807, 2.05) is 19.9 Å². The molecule has 0 spiro atoms. The molecule has 1 aliphatic rings. The van der Waals surface area contributed by atoms with Crippen molar-refractivity contribution >= 4 is 11.6 Å². The second-order valence-corrected chi connectivity index (χ2v) is 5.86. The van der Waals surface area contributed by atoms with Crippen molar-refractivity contribution in [3.63, 3.8) is 0 Å². The van der Waals surface area contributed by atoms with Gasteiger partial charge in [-0.3, -0.25) is 14.7 Å². The van der Waals surface area contributed by atoms with Crippen LogP contribution in [0, 0.1) is 6.92 Å². The number of anilines is 1. The van der Waals surface area contributed by atoms with Crippen molar-refractivity contribution in [2.45, 2.75) is 45.7 Å². The third kappa shape index (κ3) is 4.17. The molecule has 0 saturated heterocycles. The van der Waals surface area contributed by atoms with E-state index in [0.29, 0.717) is 24.2 Å². The Morgan fingerprint density at radius 2 is 2.24 bits per heavy atom. The Hall–Kier alpha value is -1.62. The zero-order valence-electron chi connectivity index (χ0n) is 13.4. The highest BCUT2D eigenvalue weighted by Gasteiger charge is 2.29. The summed E-state index contributed by atoms with van der Waals surface area (Å²) in [5, 5.41) is 6.25. The summed E-state index contributed by atoms with van der Waals surface area (Å²) in [6.07, 6.45) is 4.21. The standard InChI is InChI=1S/C16H26N4O/c1-5-17-15-8-11(2)18-10-14(15)16(21)19-9-12(3)20(4)13-6-7-13/h8,10,12-13H,5-7,9H2,1-4H3,(H,17,18)(H,19,21). The van der Waals surface area contributed by atoms with Gasteiger partial charge in [-0.2, -0.15) is 0 Å². The molecular weight excluding hydrogens is 264 g/mol. The van der Waals surface area contributed by atoms with Gasteiger partial charge in [0, 0.05) is 37.1 Å². The summed E-state index contributed by atoms with van der Waals surface area (Å²) < 4.78 is 0. The van der Waals surface area contributed by atoms with Gasteiger partial charge in [0.05, 0.1) is 11.3 Å². The normalized spacial score (nSPS) is 15.9. The maximum absolute atomic E-state index is 12.4. The zero-order valence-corrected chi connectivity index (χ0v) is 13.4.